The van der Waals surface area contributed by atoms with Crippen LogP contribution in [0.3, 0.4) is 0 Å². The Morgan fingerprint density at radius 3 is 1.64 bits per heavy atom. The van der Waals surface area contributed by atoms with Crippen LogP contribution in [0.5, 0.6) is 0 Å². The van der Waals surface area contributed by atoms with E-state index in [1.165, 1.54) is 0 Å². The Bertz CT molecular complexity index is 3060. The number of fused-ring (bicyclic) bond motifs is 5. The first-order valence-corrected chi connectivity index (χ1v) is 18.3. The minimum Gasteiger partial charge on any atom is -0.399 e. The molecule has 10 rings (SSSR count). The van der Waals surface area contributed by atoms with Crippen LogP contribution in [0.4, 0.5) is 5.69 Å². The first kappa shape index (κ1) is 32.0. The maximum absolute atomic E-state index is 11.3. The average molecular weight is 704 g/mol. The molecule has 0 radical (unpaired) electrons. The van der Waals surface area contributed by atoms with Crippen molar-refractivity contribution >= 4 is 33.5 Å². The van der Waals surface area contributed by atoms with Crippen LogP contribution < -0.4 is 5.73 Å². The second kappa shape index (κ2) is 13.1. The molecule has 10 aromatic rings. The van der Waals surface area contributed by atoms with Crippen LogP contribution in [-0.4, -0.2) is 14.0 Å². The summed E-state index contributed by atoms with van der Waals surface area (Å²) in [4.78, 5) is 5.27. The van der Waals surface area contributed by atoms with E-state index >= 15 is 0 Å². The van der Waals surface area contributed by atoms with Crippen molar-refractivity contribution < 1.29 is 0 Å². The van der Waals surface area contributed by atoms with Crippen LogP contribution in [0.1, 0.15) is 5.56 Å². The zero-order valence-electron chi connectivity index (χ0n) is 29.8. The predicted octanol–water partition coefficient (Wildman–Crippen LogP) is 12.2. The van der Waals surface area contributed by atoms with E-state index in [-0.39, 0.29) is 0 Å². The third kappa shape index (κ3) is 5.36. The number of benzene rings is 8. The summed E-state index contributed by atoms with van der Waals surface area (Å²) < 4.78 is 4.50. The molecule has 2 heterocycles. The molecule has 5 nitrogen and oxygen atoms in total. The zero-order valence-corrected chi connectivity index (χ0v) is 29.8. The summed E-state index contributed by atoms with van der Waals surface area (Å²) in [7, 11) is 0. The molecule has 2 N–H and O–H groups in total. The smallest absolute Gasteiger partial charge is 0.220 e. The molecule has 0 aliphatic rings. The molecule has 8 aromatic carbocycles. The lowest BCUT2D eigenvalue weighted by molar-refractivity contribution is 1.11. The molecule has 55 heavy (non-hydrogen) atoms. The van der Waals surface area contributed by atoms with Crippen molar-refractivity contribution in [1.29, 1.82) is 5.26 Å². The van der Waals surface area contributed by atoms with Crippen molar-refractivity contribution in [3.8, 4) is 67.4 Å². The molecule has 0 atom stereocenters. The number of hydrogen-bond donors (Lipinski definition) is 1. The van der Waals surface area contributed by atoms with Gasteiger partial charge in [-0.2, -0.15) is 5.26 Å². The largest absolute Gasteiger partial charge is 0.399 e. The quantitative estimate of drug-likeness (QED) is 0.175. The molecular weight excluding hydrogens is 671 g/mol. The van der Waals surface area contributed by atoms with Gasteiger partial charge in [-0.1, -0.05) is 133 Å². The Labute approximate surface area is 318 Å². The third-order valence-electron chi connectivity index (χ3n) is 10.5. The number of rotatable bonds is 6. The molecule has 0 fully saturated rings. The van der Waals surface area contributed by atoms with Gasteiger partial charge in [0, 0.05) is 22.5 Å². The molecule has 0 unspecified atom stereocenters. The fourth-order valence-electron chi connectivity index (χ4n) is 7.98. The monoisotopic (exact) mass is 703 g/mol. The summed E-state index contributed by atoms with van der Waals surface area (Å²) in [5, 5.41) is 11.3. The van der Waals surface area contributed by atoms with E-state index in [4.69, 9.17) is 10.7 Å². The second-order valence-electron chi connectivity index (χ2n) is 13.8. The molecule has 0 bridgehead atoms. The highest BCUT2D eigenvalue weighted by atomic mass is 15.2. The number of imidazole rings is 2. The molecule has 0 aliphatic carbocycles. The van der Waals surface area contributed by atoms with E-state index in [1.807, 2.05) is 72.8 Å². The summed E-state index contributed by atoms with van der Waals surface area (Å²) >= 11 is 0. The van der Waals surface area contributed by atoms with Crippen molar-refractivity contribution in [3.63, 3.8) is 0 Å². The molecule has 0 aliphatic heterocycles. The van der Waals surface area contributed by atoms with Gasteiger partial charge in [-0.05, 0) is 99.1 Å². The van der Waals surface area contributed by atoms with Gasteiger partial charge in [0.15, 0.2) is 0 Å². The first-order valence-electron chi connectivity index (χ1n) is 18.3. The number of para-hydroxylation sites is 1. The fourth-order valence-corrected chi connectivity index (χ4v) is 7.98. The lowest BCUT2D eigenvalue weighted by atomic mass is 9.81. The van der Waals surface area contributed by atoms with Crippen molar-refractivity contribution in [2.45, 2.75) is 0 Å². The van der Waals surface area contributed by atoms with Gasteiger partial charge in [-0.3, -0.25) is 8.97 Å². The molecule has 258 valence electrons. The second-order valence-corrected chi connectivity index (χ2v) is 13.8. The van der Waals surface area contributed by atoms with Crippen molar-refractivity contribution in [2.24, 2.45) is 0 Å². The molecule has 2 aromatic heterocycles. The number of nitriles is 1. The number of nitrogens with zero attached hydrogens (tertiary/aromatic N) is 4. The SMILES string of the molecule is N#Cc1c(-c2ccccc2)c(-c2ccc(N)cc2)cc(-c2ccccc2)c1-c1ccc2nc3n(-c4ccccc4)c4ccc(-c5ccccc5)cc4n3c2c1. The lowest BCUT2D eigenvalue weighted by Crippen LogP contribution is -1.98. The molecular formula is C50H33N5. The van der Waals surface area contributed by atoms with Crippen LogP contribution in [0.15, 0.2) is 188 Å². The van der Waals surface area contributed by atoms with E-state index in [0.29, 0.717) is 11.3 Å². The summed E-state index contributed by atoms with van der Waals surface area (Å²) in [5.74, 6) is 0.825. The highest BCUT2D eigenvalue weighted by molar-refractivity contribution is 6.02. The molecule has 0 spiro atoms. The summed E-state index contributed by atoms with van der Waals surface area (Å²) in [6.07, 6.45) is 0. The average Bonchev–Trinajstić information content (AvgIpc) is 3.78. The number of anilines is 1. The van der Waals surface area contributed by atoms with Crippen LogP contribution in [0.25, 0.3) is 89.2 Å². The normalized spacial score (nSPS) is 11.3. The highest BCUT2D eigenvalue weighted by Crippen LogP contribution is 2.46. The predicted molar refractivity (Wildman–Crippen MR) is 226 cm³/mol. The van der Waals surface area contributed by atoms with Crippen molar-refractivity contribution in [3.05, 3.63) is 194 Å². The molecule has 0 saturated carbocycles. The van der Waals surface area contributed by atoms with Crippen molar-refractivity contribution in [1.82, 2.24) is 14.0 Å². The van der Waals surface area contributed by atoms with Crippen molar-refractivity contribution in [2.75, 3.05) is 5.73 Å². The molecule has 0 saturated heterocycles. The van der Waals surface area contributed by atoms with Gasteiger partial charge in [0.2, 0.25) is 5.78 Å². The Morgan fingerprint density at radius 2 is 0.982 bits per heavy atom. The van der Waals surface area contributed by atoms with Gasteiger partial charge in [0.1, 0.15) is 6.07 Å². The van der Waals surface area contributed by atoms with E-state index in [2.05, 4.69) is 130 Å². The number of nitrogens with two attached hydrogens (primary N) is 1. The number of hydrogen-bond acceptors (Lipinski definition) is 3. The summed E-state index contributed by atoms with van der Waals surface area (Å²) in [6.45, 7) is 0. The Hall–Kier alpha value is -7.68. The number of nitrogen functional groups attached to an aromatic ring is 1. The maximum atomic E-state index is 11.3. The minimum atomic E-state index is 0.609. The van der Waals surface area contributed by atoms with Gasteiger partial charge in [-0.25, -0.2) is 4.98 Å². The third-order valence-corrected chi connectivity index (χ3v) is 10.5. The van der Waals surface area contributed by atoms with Gasteiger partial charge >= 0.3 is 0 Å². The maximum Gasteiger partial charge on any atom is 0.220 e. The van der Waals surface area contributed by atoms with E-state index in [0.717, 1.165) is 89.2 Å². The Kier molecular flexibility index (Phi) is 7.61. The molecule has 5 heteroatoms. The Morgan fingerprint density at radius 1 is 0.455 bits per heavy atom. The van der Waals surface area contributed by atoms with Gasteiger partial charge in [0.25, 0.3) is 0 Å². The zero-order chi connectivity index (χ0) is 36.9. The van der Waals surface area contributed by atoms with E-state index in [1.54, 1.807) is 0 Å². The summed E-state index contributed by atoms with van der Waals surface area (Å²) in [6, 6.07) is 67.3. The topological polar surface area (TPSA) is 72.0 Å². The van der Waals surface area contributed by atoms with Gasteiger partial charge in [-0.15, -0.1) is 0 Å². The number of aromatic nitrogens is 3. The van der Waals surface area contributed by atoms with Crippen LogP contribution in [0.2, 0.25) is 0 Å². The van der Waals surface area contributed by atoms with Crippen LogP contribution >= 0.6 is 0 Å². The lowest BCUT2D eigenvalue weighted by Gasteiger charge is -2.21. The van der Waals surface area contributed by atoms with Gasteiger partial charge < -0.3 is 5.73 Å². The van der Waals surface area contributed by atoms with Crippen LogP contribution in [-0.2, 0) is 0 Å². The summed E-state index contributed by atoms with van der Waals surface area (Å²) in [5.41, 5.74) is 22.3. The fraction of sp³-hybridized carbons (Fsp3) is 0. The Balaban J connectivity index is 1.31. The highest BCUT2D eigenvalue weighted by Gasteiger charge is 2.24. The van der Waals surface area contributed by atoms with Crippen LogP contribution in [0, 0.1) is 11.3 Å². The standard InChI is InChI=1S/C50H33N5/c51-32-43-48(36-17-9-3-10-18-36)42(35-21-25-39(52)26-22-35)31-41(34-15-7-2-8-16-34)49(43)38-23-27-44-46(30-38)55-47-29-37(33-13-5-1-6-14-33)24-28-45(47)54(50(55)53-44)40-19-11-4-12-20-40/h1-31H,52H2. The minimum absolute atomic E-state index is 0.609. The van der Waals surface area contributed by atoms with E-state index in [9.17, 15) is 5.26 Å². The first-order chi connectivity index (χ1) is 27.2. The van der Waals surface area contributed by atoms with Gasteiger partial charge in [0.05, 0.1) is 27.6 Å². The molecule has 0 amide bonds. The van der Waals surface area contributed by atoms with E-state index < -0.39 is 0 Å².